The summed E-state index contributed by atoms with van der Waals surface area (Å²) in [6.45, 7) is 8.83. The second-order valence-electron chi connectivity index (χ2n) is 6.55. The van der Waals surface area contributed by atoms with Gasteiger partial charge in [-0.1, -0.05) is 13.8 Å². The van der Waals surface area contributed by atoms with Crippen LogP contribution in [0.4, 0.5) is 0 Å². The van der Waals surface area contributed by atoms with E-state index in [-0.39, 0.29) is 11.8 Å². The molecule has 0 unspecified atom stereocenters. The van der Waals surface area contributed by atoms with Crippen LogP contribution < -0.4 is 10.1 Å². The van der Waals surface area contributed by atoms with Crippen molar-refractivity contribution in [3.63, 3.8) is 0 Å². The zero-order chi connectivity index (χ0) is 18.2. The lowest BCUT2D eigenvalue weighted by Gasteiger charge is -2.31. The maximum atomic E-state index is 12.8. The zero-order valence-corrected chi connectivity index (χ0v) is 15.3. The van der Waals surface area contributed by atoms with Gasteiger partial charge in [-0.2, -0.15) is 0 Å². The lowest BCUT2D eigenvalue weighted by molar-refractivity contribution is -0.137. The summed E-state index contributed by atoms with van der Waals surface area (Å²) in [7, 11) is 0. The van der Waals surface area contributed by atoms with Crippen LogP contribution in [-0.4, -0.2) is 55.7 Å². The Bertz CT molecular complexity index is 565. The number of amides is 2. The van der Waals surface area contributed by atoms with Gasteiger partial charge in [-0.25, -0.2) is 0 Å². The highest BCUT2D eigenvalue weighted by molar-refractivity contribution is 5.97. The van der Waals surface area contributed by atoms with Crippen molar-refractivity contribution >= 4 is 11.8 Å². The van der Waals surface area contributed by atoms with Crippen LogP contribution >= 0.6 is 0 Å². The van der Waals surface area contributed by atoms with Crippen LogP contribution in [0.3, 0.4) is 0 Å². The van der Waals surface area contributed by atoms with Gasteiger partial charge in [0.25, 0.3) is 5.91 Å². The molecule has 1 atom stereocenters. The van der Waals surface area contributed by atoms with Crippen molar-refractivity contribution in [2.45, 2.75) is 33.2 Å². The van der Waals surface area contributed by atoms with Crippen LogP contribution in [0.1, 0.15) is 37.6 Å². The summed E-state index contributed by atoms with van der Waals surface area (Å²) in [5.74, 6) is 0.754. The standard InChI is InChI=1S/C19H28N2O4/c1-4-25-16-7-5-15(6-8-16)18(22)20-17(13-14(2)3)19(23)21-9-11-24-12-10-21/h5-8,14,17H,4,9-13H2,1-3H3,(H,20,22)/t17-/m1/s1. The van der Waals surface area contributed by atoms with Crippen molar-refractivity contribution < 1.29 is 19.1 Å². The van der Waals surface area contributed by atoms with Gasteiger partial charge in [-0.15, -0.1) is 0 Å². The third-order valence-corrected chi connectivity index (χ3v) is 4.06. The van der Waals surface area contributed by atoms with Crippen molar-refractivity contribution in [3.8, 4) is 5.75 Å². The largest absolute Gasteiger partial charge is 0.494 e. The first-order chi connectivity index (χ1) is 12.0. The molecule has 0 radical (unpaired) electrons. The third kappa shape index (κ3) is 5.74. The van der Waals surface area contributed by atoms with Gasteiger partial charge in [0.1, 0.15) is 11.8 Å². The topological polar surface area (TPSA) is 67.9 Å². The summed E-state index contributed by atoms with van der Waals surface area (Å²) in [4.78, 5) is 27.1. The molecule has 0 aromatic heterocycles. The van der Waals surface area contributed by atoms with E-state index in [9.17, 15) is 9.59 Å². The fraction of sp³-hybridized carbons (Fsp3) is 0.579. The van der Waals surface area contributed by atoms with E-state index in [2.05, 4.69) is 5.32 Å². The molecule has 1 N–H and O–H groups in total. The molecule has 1 heterocycles. The molecule has 1 fully saturated rings. The first-order valence-corrected chi connectivity index (χ1v) is 8.91. The molecular weight excluding hydrogens is 320 g/mol. The number of carbonyl (C=O) groups is 2. The van der Waals surface area contributed by atoms with Gasteiger partial charge in [0, 0.05) is 18.7 Å². The summed E-state index contributed by atoms with van der Waals surface area (Å²) in [5, 5.41) is 2.90. The number of nitrogens with zero attached hydrogens (tertiary/aromatic N) is 1. The number of benzene rings is 1. The minimum atomic E-state index is -0.517. The SMILES string of the molecule is CCOc1ccc(C(=O)N[C@H](CC(C)C)C(=O)N2CCOCC2)cc1. The molecule has 1 aromatic rings. The average molecular weight is 348 g/mol. The fourth-order valence-corrected chi connectivity index (χ4v) is 2.81. The number of morpholine rings is 1. The molecular formula is C19H28N2O4. The van der Waals surface area contributed by atoms with Crippen LogP contribution in [0.2, 0.25) is 0 Å². The average Bonchev–Trinajstić information content (AvgIpc) is 2.61. The number of carbonyl (C=O) groups excluding carboxylic acids is 2. The Kier molecular flexibility index (Phi) is 7.25. The van der Waals surface area contributed by atoms with E-state index in [1.54, 1.807) is 29.2 Å². The molecule has 0 spiro atoms. The quantitative estimate of drug-likeness (QED) is 0.819. The van der Waals surface area contributed by atoms with E-state index in [1.165, 1.54) is 0 Å². The summed E-state index contributed by atoms with van der Waals surface area (Å²) >= 11 is 0. The van der Waals surface area contributed by atoms with Gasteiger partial charge in [0.05, 0.1) is 19.8 Å². The van der Waals surface area contributed by atoms with Gasteiger partial charge >= 0.3 is 0 Å². The molecule has 2 amide bonds. The third-order valence-electron chi connectivity index (χ3n) is 4.06. The van der Waals surface area contributed by atoms with Crippen LogP contribution in [0, 0.1) is 5.92 Å². The Hall–Kier alpha value is -2.08. The second kappa shape index (κ2) is 9.42. The molecule has 138 valence electrons. The van der Waals surface area contributed by atoms with Crippen LogP contribution in [0.15, 0.2) is 24.3 Å². The molecule has 0 aliphatic carbocycles. The molecule has 6 heteroatoms. The number of hydrogen-bond donors (Lipinski definition) is 1. The smallest absolute Gasteiger partial charge is 0.251 e. The van der Waals surface area contributed by atoms with E-state index in [4.69, 9.17) is 9.47 Å². The highest BCUT2D eigenvalue weighted by Gasteiger charge is 2.28. The lowest BCUT2D eigenvalue weighted by atomic mass is 10.0. The summed E-state index contributed by atoms with van der Waals surface area (Å²) in [6, 6.07) is 6.44. The fourth-order valence-electron chi connectivity index (χ4n) is 2.81. The van der Waals surface area contributed by atoms with E-state index in [1.807, 2.05) is 20.8 Å². The second-order valence-corrected chi connectivity index (χ2v) is 6.55. The molecule has 1 aliphatic heterocycles. The van der Waals surface area contributed by atoms with Crippen molar-refractivity contribution in [2.24, 2.45) is 5.92 Å². The van der Waals surface area contributed by atoms with Crippen LogP contribution in [0.25, 0.3) is 0 Å². The maximum Gasteiger partial charge on any atom is 0.251 e. The monoisotopic (exact) mass is 348 g/mol. The maximum absolute atomic E-state index is 12.8. The minimum absolute atomic E-state index is 0.0312. The first-order valence-electron chi connectivity index (χ1n) is 8.91. The van der Waals surface area contributed by atoms with Crippen molar-refractivity contribution in [2.75, 3.05) is 32.9 Å². The number of ether oxygens (including phenoxy) is 2. The van der Waals surface area contributed by atoms with E-state index in [0.717, 1.165) is 5.75 Å². The molecule has 1 aliphatic rings. The normalized spacial score (nSPS) is 15.8. The van der Waals surface area contributed by atoms with Crippen LogP contribution in [0.5, 0.6) is 5.75 Å². The molecule has 0 bridgehead atoms. The number of nitrogens with one attached hydrogen (secondary N) is 1. The van der Waals surface area contributed by atoms with Crippen molar-refractivity contribution in [1.29, 1.82) is 0 Å². The Morgan fingerprint density at radius 2 is 1.84 bits per heavy atom. The lowest BCUT2D eigenvalue weighted by Crippen LogP contribution is -2.52. The summed E-state index contributed by atoms with van der Waals surface area (Å²) in [6.07, 6.45) is 0.610. The Morgan fingerprint density at radius 3 is 2.40 bits per heavy atom. The molecule has 25 heavy (non-hydrogen) atoms. The van der Waals surface area contributed by atoms with Gasteiger partial charge in [0.15, 0.2) is 0 Å². The van der Waals surface area contributed by atoms with Crippen molar-refractivity contribution in [1.82, 2.24) is 10.2 Å². The highest BCUT2D eigenvalue weighted by Crippen LogP contribution is 2.14. The number of rotatable bonds is 7. The molecule has 6 nitrogen and oxygen atoms in total. The van der Waals surface area contributed by atoms with Gasteiger partial charge in [-0.05, 0) is 43.5 Å². The zero-order valence-electron chi connectivity index (χ0n) is 15.3. The van der Waals surface area contributed by atoms with Gasteiger partial charge in [0.2, 0.25) is 5.91 Å². The van der Waals surface area contributed by atoms with E-state index in [0.29, 0.717) is 50.8 Å². The number of hydrogen-bond acceptors (Lipinski definition) is 4. The molecule has 1 saturated heterocycles. The first kappa shape index (κ1) is 19.2. The molecule has 1 aromatic carbocycles. The van der Waals surface area contributed by atoms with Gasteiger partial charge < -0.3 is 19.7 Å². The summed E-state index contributed by atoms with van der Waals surface area (Å²) in [5.41, 5.74) is 0.520. The Balaban J connectivity index is 2.04. The summed E-state index contributed by atoms with van der Waals surface area (Å²) < 4.78 is 10.7. The van der Waals surface area contributed by atoms with Crippen molar-refractivity contribution in [3.05, 3.63) is 29.8 Å². The van der Waals surface area contributed by atoms with E-state index < -0.39 is 6.04 Å². The highest BCUT2D eigenvalue weighted by atomic mass is 16.5. The molecule has 2 rings (SSSR count). The predicted octanol–water partition coefficient (Wildman–Crippen LogP) is 2.09. The Labute approximate surface area is 149 Å². The Morgan fingerprint density at radius 1 is 1.20 bits per heavy atom. The van der Waals surface area contributed by atoms with E-state index >= 15 is 0 Å². The van der Waals surface area contributed by atoms with Gasteiger partial charge in [-0.3, -0.25) is 9.59 Å². The predicted molar refractivity (Wildman–Crippen MR) is 95.7 cm³/mol. The minimum Gasteiger partial charge on any atom is -0.494 e. The van der Waals surface area contributed by atoms with Crippen LogP contribution in [-0.2, 0) is 9.53 Å². The molecule has 0 saturated carbocycles.